The minimum absolute atomic E-state index is 0.00897. The maximum Gasteiger partial charge on any atom is 0.410 e. The minimum Gasteiger partial charge on any atom is -0.444 e. The predicted octanol–water partition coefficient (Wildman–Crippen LogP) is 2.77. The number of nitriles is 1. The SMILES string of the molecule is COC1(C(=O)NC(C#N)Cc2ccc(Br)cc2F)CN(C(=O)OC(C)(C)C)C1. The van der Waals surface area contributed by atoms with Crippen LogP contribution in [-0.4, -0.2) is 54.3 Å². The molecule has 1 aliphatic rings. The van der Waals surface area contributed by atoms with Gasteiger partial charge in [0.1, 0.15) is 17.5 Å². The summed E-state index contributed by atoms with van der Waals surface area (Å²) in [7, 11) is 1.36. The summed E-state index contributed by atoms with van der Waals surface area (Å²) >= 11 is 3.17. The first-order valence-electron chi connectivity index (χ1n) is 8.67. The van der Waals surface area contributed by atoms with Gasteiger partial charge in [-0.05, 0) is 38.5 Å². The highest BCUT2D eigenvalue weighted by atomic mass is 79.9. The van der Waals surface area contributed by atoms with Crippen LogP contribution in [0, 0.1) is 17.1 Å². The Morgan fingerprint density at radius 1 is 1.43 bits per heavy atom. The van der Waals surface area contributed by atoms with Crippen molar-refractivity contribution >= 4 is 27.9 Å². The van der Waals surface area contributed by atoms with Crippen LogP contribution in [0.25, 0.3) is 0 Å². The van der Waals surface area contributed by atoms with Crippen LogP contribution >= 0.6 is 15.9 Å². The van der Waals surface area contributed by atoms with Gasteiger partial charge in [-0.15, -0.1) is 0 Å². The van der Waals surface area contributed by atoms with Gasteiger partial charge in [0.2, 0.25) is 0 Å². The Morgan fingerprint density at radius 3 is 2.57 bits per heavy atom. The first-order valence-corrected chi connectivity index (χ1v) is 9.46. The summed E-state index contributed by atoms with van der Waals surface area (Å²) in [6, 6.07) is 5.53. The number of nitrogens with zero attached hydrogens (tertiary/aromatic N) is 2. The molecule has 0 aliphatic carbocycles. The summed E-state index contributed by atoms with van der Waals surface area (Å²) in [5.41, 5.74) is -1.60. The molecule has 28 heavy (non-hydrogen) atoms. The molecular weight excluding hydrogens is 433 g/mol. The quantitative estimate of drug-likeness (QED) is 0.736. The number of hydrogen-bond acceptors (Lipinski definition) is 5. The molecule has 9 heteroatoms. The normalized spacial score (nSPS) is 16.5. The topological polar surface area (TPSA) is 91.7 Å². The van der Waals surface area contributed by atoms with E-state index in [4.69, 9.17) is 9.47 Å². The van der Waals surface area contributed by atoms with Crippen LogP contribution in [-0.2, 0) is 20.7 Å². The summed E-state index contributed by atoms with van der Waals surface area (Å²) in [4.78, 5) is 26.1. The third-order valence-electron chi connectivity index (χ3n) is 4.25. The number of likely N-dealkylation sites (tertiary alicyclic amines) is 1. The average molecular weight is 456 g/mol. The van der Waals surface area contributed by atoms with Gasteiger partial charge in [-0.3, -0.25) is 4.79 Å². The molecule has 2 rings (SSSR count). The van der Waals surface area contributed by atoms with Crippen LogP contribution in [0.4, 0.5) is 9.18 Å². The second-order valence-corrected chi connectivity index (χ2v) is 8.55. The van der Waals surface area contributed by atoms with Crippen molar-refractivity contribution in [3.8, 4) is 6.07 Å². The Labute approximate surface area is 171 Å². The van der Waals surface area contributed by atoms with E-state index in [1.54, 1.807) is 32.9 Å². The molecule has 1 heterocycles. The maximum atomic E-state index is 14.0. The van der Waals surface area contributed by atoms with Gasteiger partial charge in [-0.2, -0.15) is 5.26 Å². The summed E-state index contributed by atoms with van der Waals surface area (Å²) < 4.78 is 25.2. The molecule has 1 fully saturated rings. The van der Waals surface area contributed by atoms with E-state index in [9.17, 15) is 19.2 Å². The van der Waals surface area contributed by atoms with Gasteiger partial charge in [-0.1, -0.05) is 22.0 Å². The highest BCUT2D eigenvalue weighted by Crippen LogP contribution is 2.27. The van der Waals surface area contributed by atoms with Gasteiger partial charge in [-0.25, -0.2) is 9.18 Å². The minimum atomic E-state index is -1.26. The molecule has 1 saturated heterocycles. The first kappa shape index (κ1) is 22.1. The number of benzene rings is 1. The summed E-state index contributed by atoms with van der Waals surface area (Å²) in [6.45, 7) is 5.27. The van der Waals surface area contributed by atoms with E-state index in [1.807, 2.05) is 6.07 Å². The Balaban J connectivity index is 1.99. The maximum absolute atomic E-state index is 14.0. The van der Waals surface area contributed by atoms with Crippen LogP contribution in [0.5, 0.6) is 0 Å². The Bertz CT molecular complexity index is 797. The molecule has 0 saturated carbocycles. The molecule has 7 nitrogen and oxygen atoms in total. The number of hydrogen-bond donors (Lipinski definition) is 1. The standard InChI is InChI=1S/C19H23BrFN3O4/c1-18(2,3)28-17(26)24-10-19(11-24,27-4)16(25)23-14(9-22)7-12-5-6-13(20)8-15(12)21/h5-6,8,14H,7,10-11H2,1-4H3,(H,23,25). The number of carbonyl (C=O) groups is 2. The van der Waals surface area contributed by atoms with Crippen LogP contribution < -0.4 is 5.32 Å². The zero-order chi connectivity index (χ0) is 21.1. The number of rotatable bonds is 5. The third kappa shape index (κ3) is 5.20. The van der Waals surface area contributed by atoms with Crippen molar-refractivity contribution in [1.82, 2.24) is 10.2 Å². The van der Waals surface area contributed by atoms with Crippen molar-refractivity contribution < 1.29 is 23.5 Å². The molecule has 1 unspecified atom stereocenters. The lowest BCUT2D eigenvalue weighted by Gasteiger charge is -2.47. The van der Waals surface area contributed by atoms with Crippen molar-refractivity contribution in [2.24, 2.45) is 0 Å². The number of nitrogens with one attached hydrogen (secondary N) is 1. The van der Waals surface area contributed by atoms with E-state index < -0.39 is 35.1 Å². The second-order valence-electron chi connectivity index (χ2n) is 7.63. The molecule has 152 valence electrons. The van der Waals surface area contributed by atoms with E-state index in [1.165, 1.54) is 18.1 Å². The monoisotopic (exact) mass is 455 g/mol. The first-order chi connectivity index (χ1) is 13.0. The van der Waals surface area contributed by atoms with E-state index in [0.29, 0.717) is 10.0 Å². The van der Waals surface area contributed by atoms with E-state index in [2.05, 4.69) is 21.2 Å². The molecule has 1 aromatic rings. The van der Waals surface area contributed by atoms with Gasteiger partial charge in [0.05, 0.1) is 19.2 Å². The van der Waals surface area contributed by atoms with Crippen LogP contribution in [0.3, 0.4) is 0 Å². The largest absolute Gasteiger partial charge is 0.444 e. The van der Waals surface area contributed by atoms with Crippen molar-refractivity contribution in [2.45, 2.75) is 44.4 Å². The lowest BCUT2D eigenvalue weighted by atomic mass is 9.92. The lowest BCUT2D eigenvalue weighted by molar-refractivity contribution is -0.164. The number of methoxy groups -OCH3 is 1. The molecule has 0 spiro atoms. The Kier molecular flexibility index (Phi) is 6.67. The second kappa shape index (κ2) is 8.45. The van der Waals surface area contributed by atoms with Gasteiger partial charge in [0.15, 0.2) is 5.60 Å². The van der Waals surface area contributed by atoms with Gasteiger partial charge in [0.25, 0.3) is 5.91 Å². The highest BCUT2D eigenvalue weighted by molar-refractivity contribution is 9.10. The predicted molar refractivity (Wildman–Crippen MR) is 103 cm³/mol. The molecule has 1 N–H and O–H groups in total. The summed E-state index contributed by atoms with van der Waals surface area (Å²) in [5, 5.41) is 11.9. The zero-order valence-electron chi connectivity index (χ0n) is 16.2. The Hall–Kier alpha value is -2.18. The highest BCUT2D eigenvalue weighted by Gasteiger charge is 2.53. The van der Waals surface area contributed by atoms with E-state index >= 15 is 0 Å². The smallest absolute Gasteiger partial charge is 0.410 e. The van der Waals surface area contributed by atoms with E-state index in [-0.39, 0.29) is 19.5 Å². The summed E-state index contributed by atoms with van der Waals surface area (Å²) in [5.74, 6) is -0.996. The molecule has 1 aromatic carbocycles. The molecule has 2 amide bonds. The third-order valence-corrected chi connectivity index (χ3v) is 4.74. The lowest BCUT2D eigenvalue weighted by Crippen LogP contribution is -2.71. The number of amides is 2. The van der Waals surface area contributed by atoms with Crippen LogP contribution in [0.15, 0.2) is 22.7 Å². The number of ether oxygens (including phenoxy) is 2. The average Bonchev–Trinajstić information content (AvgIpc) is 2.54. The number of halogens is 2. The van der Waals surface area contributed by atoms with E-state index in [0.717, 1.165) is 0 Å². The van der Waals surface area contributed by atoms with Gasteiger partial charge >= 0.3 is 6.09 Å². The van der Waals surface area contributed by atoms with Crippen molar-refractivity contribution in [2.75, 3.05) is 20.2 Å². The molecule has 0 aromatic heterocycles. The number of carbonyl (C=O) groups excluding carboxylic acids is 2. The fourth-order valence-corrected chi connectivity index (χ4v) is 3.05. The van der Waals surface area contributed by atoms with Crippen molar-refractivity contribution in [1.29, 1.82) is 5.26 Å². The Morgan fingerprint density at radius 2 is 2.07 bits per heavy atom. The van der Waals surface area contributed by atoms with Gasteiger partial charge < -0.3 is 19.7 Å². The molecule has 1 atom stereocenters. The van der Waals surface area contributed by atoms with Gasteiger partial charge in [0, 0.05) is 18.0 Å². The van der Waals surface area contributed by atoms with Crippen molar-refractivity contribution in [3.05, 3.63) is 34.1 Å². The molecule has 0 radical (unpaired) electrons. The van der Waals surface area contributed by atoms with Crippen molar-refractivity contribution in [3.63, 3.8) is 0 Å². The molecular formula is C19H23BrFN3O4. The summed E-state index contributed by atoms with van der Waals surface area (Å²) in [6.07, 6.45) is -0.529. The fourth-order valence-electron chi connectivity index (χ4n) is 2.72. The van der Waals surface area contributed by atoms with Crippen LogP contribution in [0.2, 0.25) is 0 Å². The molecule has 0 bridgehead atoms. The van der Waals surface area contributed by atoms with Crippen LogP contribution in [0.1, 0.15) is 26.3 Å². The zero-order valence-corrected chi connectivity index (χ0v) is 17.8. The molecule has 1 aliphatic heterocycles. The fraction of sp³-hybridized carbons (Fsp3) is 0.526.